The van der Waals surface area contributed by atoms with Gasteiger partial charge in [-0.3, -0.25) is 0 Å². The smallest absolute Gasteiger partial charge is 0.188 e. The van der Waals surface area contributed by atoms with Crippen LogP contribution in [0.15, 0.2) is 12.3 Å². The van der Waals surface area contributed by atoms with Crippen molar-refractivity contribution in [2.45, 2.75) is 200 Å². The van der Waals surface area contributed by atoms with E-state index in [1.807, 2.05) is 6.26 Å². The highest BCUT2D eigenvalue weighted by Crippen LogP contribution is 2.15. The Balaban J connectivity index is 3.47. The van der Waals surface area contributed by atoms with Gasteiger partial charge in [0.25, 0.3) is 0 Å². The number of rotatable bonds is 36. The van der Waals surface area contributed by atoms with E-state index in [-0.39, 0.29) is 6.29 Å². The lowest BCUT2D eigenvalue weighted by Gasteiger charge is -2.19. The van der Waals surface area contributed by atoms with Gasteiger partial charge in [-0.2, -0.15) is 0 Å². The first-order valence-corrected chi connectivity index (χ1v) is 18.4. The second-order valence-electron chi connectivity index (χ2n) is 12.1. The van der Waals surface area contributed by atoms with Crippen LogP contribution in [0.25, 0.3) is 0 Å². The van der Waals surface area contributed by atoms with Crippen LogP contribution >= 0.6 is 0 Å². The molecule has 41 heavy (non-hydrogen) atoms. The van der Waals surface area contributed by atoms with Crippen molar-refractivity contribution in [3.8, 4) is 0 Å². The van der Waals surface area contributed by atoms with Gasteiger partial charge in [0.05, 0.1) is 12.9 Å². The van der Waals surface area contributed by atoms with E-state index in [1.54, 1.807) is 0 Å². The average Bonchev–Trinajstić information content (AvgIpc) is 2.98. The van der Waals surface area contributed by atoms with Crippen molar-refractivity contribution in [3.05, 3.63) is 12.3 Å². The van der Waals surface area contributed by atoms with E-state index >= 15 is 0 Å². The fourth-order valence-corrected chi connectivity index (χ4v) is 5.13. The van der Waals surface area contributed by atoms with Crippen molar-refractivity contribution in [1.82, 2.24) is 0 Å². The first kappa shape index (κ1) is 40.4. The second-order valence-corrected chi connectivity index (χ2v) is 12.1. The quantitative estimate of drug-likeness (QED) is 0.0418. The molecule has 0 heterocycles. The minimum atomic E-state index is 0.0185. The molecular weight excluding hydrogens is 508 g/mol. The van der Waals surface area contributed by atoms with Gasteiger partial charge in [0.15, 0.2) is 13.1 Å². The molecule has 246 valence electrons. The summed E-state index contributed by atoms with van der Waals surface area (Å²) >= 11 is 0. The predicted octanol–water partition coefficient (Wildman–Crippen LogP) is 12.4. The Morgan fingerprint density at radius 2 is 0.854 bits per heavy atom. The van der Waals surface area contributed by atoms with E-state index in [1.165, 1.54) is 154 Å². The van der Waals surface area contributed by atoms with Crippen LogP contribution in [0, 0.1) is 0 Å². The number of hydrogen-bond donors (Lipinski definition) is 0. The van der Waals surface area contributed by atoms with E-state index in [0.717, 1.165) is 39.1 Å². The Bertz CT molecular complexity index is 468. The molecule has 0 aromatic carbocycles. The fraction of sp³-hybridized carbons (Fsp3) is 0.946. The lowest BCUT2D eigenvalue weighted by atomic mass is 10.1. The van der Waals surface area contributed by atoms with Crippen LogP contribution in [0.5, 0.6) is 0 Å². The third-order valence-corrected chi connectivity index (χ3v) is 7.90. The van der Waals surface area contributed by atoms with Gasteiger partial charge in [-0.15, -0.1) is 0 Å². The molecule has 4 nitrogen and oxygen atoms in total. The van der Waals surface area contributed by atoms with E-state index in [0.29, 0.717) is 6.79 Å². The van der Waals surface area contributed by atoms with E-state index in [4.69, 9.17) is 18.9 Å². The molecule has 0 aliphatic carbocycles. The number of ether oxygens (including phenoxy) is 4. The van der Waals surface area contributed by atoms with Crippen molar-refractivity contribution in [2.24, 2.45) is 0 Å². The van der Waals surface area contributed by atoms with Crippen LogP contribution in [0.1, 0.15) is 194 Å². The van der Waals surface area contributed by atoms with E-state index < -0.39 is 0 Å². The maximum atomic E-state index is 6.11. The molecule has 0 aliphatic rings. The minimum Gasteiger partial charge on any atom is -0.475 e. The van der Waals surface area contributed by atoms with Gasteiger partial charge in [0.1, 0.15) is 0 Å². The number of allylic oxidation sites excluding steroid dienone is 1. The summed E-state index contributed by atoms with van der Waals surface area (Å²) in [6, 6.07) is 0. The van der Waals surface area contributed by atoms with Crippen LogP contribution < -0.4 is 0 Å². The fourth-order valence-electron chi connectivity index (χ4n) is 5.13. The Morgan fingerprint density at radius 1 is 0.439 bits per heavy atom. The summed E-state index contributed by atoms with van der Waals surface area (Å²) in [5.74, 6) is 0. The lowest BCUT2D eigenvalue weighted by Crippen LogP contribution is -2.19. The molecule has 0 N–H and O–H groups in total. The maximum Gasteiger partial charge on any atom is 0.188 e. The van der Waals surface area contributed by atoms with E-state index in [9.17, 15) is 0 Å². The first-order valence-electron chi connectivity index (χ1n) is 18.4. The highest BCUT2D eigenvalue weighted by molar-refractivity contribution is 4.72. The van der Waals surface area contributed by atoms with Gasteiger partial charge in [-0.25, -0.2) is 0 Å². The van der Waals surface area contributed by atoms with Gasteiger partial charge >= 0.3 is 0 Å². The van der Waals surface area contributed by atoms with Crippen molar-refractivity contribution < 1.29 is 18.9 Å². The molecule has 0 saturated carbocycles. The molecule has 0 aromatic rings. The molecule has 0 bridgehead atoms. The zero-order valence-corrected chi connectivity index (χ0v) is 28.3. The molecular formula is C37H74O4. The zero-order valence-electron chi connectivity index (χ0n) is 28.3. The third kappa shape index (κ3) is 35.5. The summed E-state index contributed by atoms with van der Waals surface area (Å²) in [6.07, 6.45) is 38.9. The molecule has 0 fully saturated rings. The highest BCUT2D eigenvalue weighted by atomic mass is 16.7. The Hall–Kier alpha value is -0.580. The number of unbranched alkanes of at least 4 members (excludes halogenated alkanes) is 22. The van der Waals surface area contributed by atoms with Crippen LogP contribution in [-0.2, 0) is 18.9 Å². The minimum absolute atomic E-state index is 0.0185. The largest absolute Gasteiger partial charge is 0.475 e. The van der Waals surface area contributed by atoms with Crippen LogP contribution in [0.2, 0.25) is 0 Å². The average molecular weight is 583 g/mol. The Kier molecular flexibility index (Phi) is 36.9. The van der Waals surface area contributed by atoms with E-state index in [2.05, 4.69) is 26.8 Å². The number of hydrogen-bond acceptors (Lipinski definition) is 4. The molecule has 0 unspecified atom stereocenters. The summed E-state index contributed by atoms with van der Waals surface area (Å²) in [5, 5.41) is 0. The zero-order chi connectivity index (χ0) is 29.7. The van der Waals surface area contributed by atoms with Crippen molar-refractivity contribution in [1.29, 1.82) is 0 Å². The molecule has 0 aliphatic heterocycles. The third-order valence-electron chi connectivity index (χ3n) is 7.90. The molecule has 4 heteroatoms. The van der Waals surface area contributed by atoms with Crippen molar-refractivity contribution in [2.75, 3.05) is 26.6 Å². The molecule has 0 spiro atoms. The maximum absolute atomic E-state index is 6.11. The van der Waals surface area contributed by atoms with Gasteiger partial charge in [-0.1, -0.05) is 149 Å². The molecule has 0 atom stereocenters. The summed E-state index contributed by atoms with van der Waals surface area (Å²) < 4.78 is 23.2. The molecule has 0 amide bonds. The molecule has 0 rings (SSSR count). The Morgan fingerprint density at radius 3 is 1.39 bits per heavy atom. The van der Waals surface area contributed by atoms with Crippen LogP contribution in [0.3, 0.4) is 0 Å². The second kappa shape index (κ2) is 37.4. The first-order chi connectivity index (χ1) is 20.3. The standard InChI is InChI=1S/C37H74O4/c1-4-7-10-13-14-21-24-27-32-38-36-39-33-28-25-22-19-17-15-16-18-20-23-26-31-37(40-34-29-11-8-5-2)41-35-30-12-9-6-3/h28,33,37H,4-27,29-32,34-36H2,1-3H3. The SMILES string of the molecule is CCCCCCCCCCOCOC=CCCCCCCCCCCCC(OCCCCCC)OCCCCCC. The molecule has 0 saturated heterocycles. The molecule has 0 aromatic heterocycles. The summed E-state index contributed by atoms with van der Waals surface area (Å²) in [6.45, 7) is 9.72. The normalized spacial score (nSPS) is 11.8. The summed E-state index contributed by atoms with van der Waals surface area (Å²) in [5.41, 5.74) is 0. The van der Waals surface area contributed by atoms with Gasteiger partial charge in [0, 0.05) is 13.2 Å². The Labute approximate surface area is 258 Å². The van der Waals surface area contributed by atoms with Crippen molar-refractivity contribution in [3.63, 3.8) is 0 Å². The monoisotopic (exact) mass is 583 g/mol. The van der Waals surface area contributed by atoms with Crippen LogP contribution in [0.4, 0.5) is 0 Å². The summed E-state index contributed by atoms with van der Waals surface area (Å²) in [4.78, 5) is 0. The highest BCUT2D eigenvalue weighted by Gasteiger charge is 2.09. The lowest BCUT2D eigenvalue weighted by molar-refractivity contribution is -0.148. The predicted molar refractivity (Wildman–Crippen MR) is 178 cm³/mol. The van der Waals surface area contributed by atoms with Gasteiger partial charge in [-0.05, 0) is 51.0 Å². The summed E-state index contributed by atoms with van der Waals surface area (Å²) in [7, 11) is 0. The van der Waals surface area contributed by atoms with Crippen LogP contribution in [-0.4, -0.2) is 32.9 Å². The van der Waals surface area contributed by atoms with Gasteiger partial charge in [0.2, 0.25) is 0 Å². The topological polar surface area (TPSA) is 36.9 Å². The van der Waals surface area contributed by atoms with Gasteiger partial charge < -0.3 is 18.9 Å². The van der Waals surface area contributed by atoms with Crippen molar-refractivity contribution >= 4 is 0 Å². The molecule has 0 radical (unpaired) electrons.